The van der Waals surface area contributed by atoms with Crippen LogP contribution in [0, 0.1) is 0 Å². The van der Waals surface area contributed by atoms with E-state index in [0.29, 0.717) is 6.04 Å². The molecule has 5 heteroatoms. The van der Waals surface area contributed by atoms with Gasteiger partial charge in [-0.25, -0.2) is 0 Å². The number of hydrogen-bond donors (Lipinski definition) is 0. The van der Waals surface area contributed by atoms with E-state index in [0.717, 1.165) is 31.9 Å². The summed E-state index contributed by atoms with van der Waals surface area (Å²) in [6, 6.07) is 12.9. The van der Waals surface area contributed by atoms with E-state index in [-0.39, 0.29) is 0 Å². The second-order valence-corrected chi connectivity index (χ2v) is 6.60. The molecule has 1 saturated heterocycles. The maximum absolute atomic E-state index is 5.93. The Morgan fingerprint density at radius 2 is 1.96 bits per heavy atom. The third-order valence-corrected chi connectivity index (χ3v) is 4.47. The summed E-state index contributed by atoms with van der Waals surface area (Å²) in [6.45, 7) is 2.78. The Hall–Kier alpha value is -2.66. The van der Waals surface area contributed by atoms with Crippen molar-refractivity contribution in [2.75, 3.05) is 13.2 Å². The topological polar surface area (TPSA) is 43.0 Å². The summed E-state index contributed by atoms with van der Waals surface area (Å²) < 4.78 is 7.78. The highest BCUT2D eigenvalue weighted by Crippen LogP contribution is 2.22. The molecule has 4 rings (SSSR count). The SMILES string of the molecule is Cn1cc(CN2CC2COc2ccc(Cc3cccnc3)cc2)cn1. The summed E-state index contributed by atoms with van der Waals surface area (Å²) in [6.07, 6.45) is 8.61. The molecule has 1 fully saturated rings. The highest BCUT2D eigenvalue weighted by atomic mass is 16.5. The molecule has 0 radical (unpaired) electrons. The Morgan fingerprint density at radius 3 is 2.68 bits per heavy atom. The van der Waals surface area contributed by atoms with Crippen molar-refractivity contribution in [1.29, 1.82) is 0 Å². The highest BCUT2D eigenvalue weighted by molar-refractivity contribution is 5.30. The molecular formula is C20H22N4O. The number of pyridine rings is 1. The van der Waals surface area contributed by atoms with Crippen LogP contribution < -0.4 is 4.74 Å². The van der Waals surface area contributed by atoms with Crippen molar-refractivity contribution in [3.05, 3.63) is 77.9 Å². The third-order valence-electron chi connectivity index (χ3n) is 4.47. The van der Waals surface area contributed by atoms with Crippen molar-refractivity contribution in [2.45, 2.75) is 19.0 Å². The van der Waals surface area contributed by atoms with Gasteiger partial charge in [-0.15, -0.1) is 0 Å². The number of nitrogens with zero attached hydrogens (tertiary/aromatic N) is 4. The lowest BCUT2D eigenvalue weighted by Crippen LogP contribution is -2.10. The van der Waals surface area contributed by atoms with E-state index in [4.69, 9.17) is 4.74 Å². The summed E-state index contributed by atoms with van der Waals surface area (Å²) >= 11 is 0. The quantitative estimate of drug-likeness (QED) is 0.623. The van der Waals surface area contributed by atoms with Gasteiger partial charge in [0.1, 0.15) is 12.4 Å². The standard InChI is InChI=1S/C20H22N4O/c1-23-12-18(11-22-23)13-24-14-19(24)15-25-20-6-4-16(5-7-20)9-17-3-2-8-21-10-17/h2-8,10-12,19H,9,13-15H2,1H3. The lowest BCUT2D eigenvalue weighted by Gasteiger charge is -2.07. The zero-order valence-electron chi connectivity index (χ0n) is 14.4. The molecule has 1 aliphatic heterocycles. The highest BCUT2D eigenvalue weighted by Gasteiger charge is 2.34. The van der Waals surface area contributed by atoms with Gasteiger partial charge in [-0.3, -0.25) is 14.6 Å². The molecule has 5 nitrogen and oxygen atoms in total. The Kier molecular flexibility index (Phi) is 4.48. The Balaban J connectivity index is 1.24. The maximum atomic E-state index is 5.93. The Morgan fingerprint density at radius 1 is 1.08 bits per heavy atom. The van der Waals surface area contributed by atoms with E-state index in [1.165, 1.54) is 16.7 Å². The minimum atomic E-state index is 0.510. The van der Waals surface area contributed by atoms with Crippen LogP contribution in [0.1, 0.15) is 16.7 Å². The van der Waals surface area contributed by atoms with Crippen molar-refractivity contribution >= 4 is 0 Å². The molecule has 2 atom stereocenters. The van der Waals surface area contributed by atoms with Gasteiger partial charge >= 0.3 is 0 Å². The summed E-state index contributed by atoms with van der Waals surface area (Å²) in [5.41, 5.74) is 3.75. The molecule has 1 aliphatic rings. The molecule has 25 heavy (non-hydrogen) atoms. The average molecular weight is 334 g/mol. The molecule has 3 heterocycles. The lowest BCUT2D eigenvalue weighted by molar-refractivity contribution is 0.293. The average Bonchev–Trinajstić information content (AvgIpc) is 3.24. The van der Waals surface area contributed by atoms with Crippen LogP contribution in [-0.2, 0) is 20.0 Å². The first kappa shape index (κ1) is 15.8. The van der Waals surface area contributed by atoms with Gasteiger partial charge in [-0.05, 0) is 35.7 Å². The van der Waals surface area contributed by atoms with Gasteiger partial charge in [0.15, 0.2) is 0 Å². The smallest absolute Gasteiger partial charge is 0.119 e. The van der Waals surface area contributed by atoms with Gasteiger partial charge in [-0.2, -0.15) is 5.10 Å². The molecule has 0 N–H and O–H groups in total. The molecule has 0 spiro atoms. The fourth-order valence-electron chi connectivity index (χ4n) is 3.00. The first-order valence-corrected chi connectivity index (χ1v) is 8.58. The second kappa shape index (κ2) is 7.07. The van der Waals surface area contributed by atoms with Gasteiger partial charge in [-0.1, -0.05) is 18.2 Å². The van der Waals surface area contributed by atoms with Crippen LogP contribution in [0.5, 0.6) is 5.75 Å². The number of aryl methyl sites for hydroxylation is 1. The van der Waals surface area contributed by atoms with Crippen molar-refractivity contribution in [3.63, 3.8) is 0 Å². The minimum Gasteiger partial charge on any atom is -0.492 e. The zero-order valence-corrected chi connectivity index (χ0v) is 14.4. The molecule has 0 bridgehead atoms. The van der Waals surface area contributed by atoms with Gasteiger partial charge in [0, 0.05) is 44.3 Å². The van der Waals surface area contributed by atoms with Gasteiger partial charge in [0.2, 0.25) is 0 Å². The molecule has 128 valence electrons. The van der Waals surface area contributed by atoms with Gasteiger partial charge in [0.25, 0.3) is 0 Å². The van der Waals surface area contributed by atoms with E-state index < -0.39 is 0 Å². The molecule has 0 saturated carbocycles. The maximum Gasteiger partial charge on any atom is 0.119 e. The van der Waals surface area contributed by atoms with E-state index >= 15 is 0 Å². The Bertz CT molecular complexity index is 813. The molecule has 0 amide bonds. The van der Waals surface area contributed by atoms with Crippen LogP contribution in [-0.4, -0.2) is 38.9 Å². The number of ether oxygens (including phenoxy) is 1. The van der Waals surface area contributed by atoms with Crippen molar-refractivity contribution in [1.82, 2.24) is 19.7 Å². The Labute approximate surface area is 147 Å². The summed E-state index contributed by atoms with van der Waals surface area (Å²) in [5.74, 6) is 0.933. The van der Waals surface area contributed by atoms with Crippen LogP contribution in [0.15, 0.2) is 61.2 Å². The lowest BCUT2D eigenvalue weighted by atomic mass is 10.1. The van der Waals surface area contributed by atoms with Gasteiger partial charge < -0.3 is 4.74 Å². The fourth-order valence-corrected chi connectivity index (χ4v) is 3.00. The number of benzene rings is 1. The van der Waals surface area contributed by atoms with Crippen molar-refractivity contribution in [3.8, 4) is 5.75 Å². The first-order valence-electron chi connectivity index (χ1n) is 8.58. The third kappa shape index (κ3) is 4.25. The number of aromatic nitrogens is 3. The normalized spacial score (nSPS) is 18.9. The van der Waals surface area contributed by atoms with Crippen LogP contribution in [0.3, 0.4) is 0 Å². The summed E-state index contributed by atoms with van der Waals surface area (Å²) in [5, 5.41) is 4.21. The molecular weight excluding hydrogens is 312 g/mol. The summed E-state index contributed by atoms with van der Waals surface area (Å²) in [4.78, 5) is 6.55. The van der Waals surface area contributed by atoms with Crippen LogP contribution in [0.25, 0.3) is 0 Å². The van der Waals surface area contributed by atoms with Crippen molar-refractivity contribution in [2.24, 2.45) is 7.05 Å². The number of hydrogen-bond acceptors (Lipinski definition) is 4. The zero-order chi connectivity index (χ0) is 17.1. The van der Waals surface area contributed by atoms with E-state index in [1.807, 2.05) is 30.2 Å². The molecule has 2 unspecified atom stereocenters. The fraction of sp³-hybridized carbons (Fsp3) is 0.300. The molecule has 2 aromatic heterocycles. The largest absolute Gasteiger partial charge is 0.492 e. The van der Waals surface area contributed by atoms with Gasteiger partial charge in [0.05, 0.1) is 12.2 Å². The number of rotatable bonds is 7. The van der Waals surface area contributed by atoms with Crippen molar-refractivity contribution < 1.29 is 4.74 Å². The minimum absolute atomic E-state index is 0.510. The molecule has 3 aromatic rings. The van der Waals surface area contributed by atoms with E-state index in [1.54, 1.807) is 6.20 Å². The van der Waals surface area contributed by atoms with E-state index in [9.17, 15) is 0 Å². The molecule has 0 aliphatic carbocycles. The van der Waals surface area contributed by atoms with E-state index in [2.05, 4.69) is 51.5 Å². The molecule has 1 aromatic carbocycles. The summed E-state index contributed by atoms with van der Waals surface area (Å²) in [7, 11) is 1.95. The predicted molar refractivity (Wildman–Crippen MR) is 96.4 cm³/mol. The van der Waals surface area contributed by atoms with Crippen LogP contribution in [0.2, 0.25) is 0 Å². The first-order chi connectivity index (χ1) is 12.3. The van der Waals surface area contributed by atoms with Crippen LogP contribution in [0.4, 0.5) is 0 Å². The van der Waals surface area contributed by atoms with Crippen LogP contribution >= 0.6 is 0 Å². The second-order valence-electron chi connectivity index (χ2n) is 6.60. The monoisotopic (exact) mass is 334 g/mol. The predicted octanol–water partition coefficient (Wildman–Crippen LogP) is 2.67.